The Morgan fingerprint density at radius 1 is 0.333 bits per heavy atom. The molecule has 1 heteroatoms. The molecular weight excluding hydrogens is 651 g/mol. The van der Waals surface area contributed by atoms with Crippen LogP contribution in [0.1, 0.15) is 25.0 Å². The normalized spacial score (nSPS) is 12.8. The van der Waals surface area contributed by atoms with E-state index in [2.05, 4.69) is 219 Å². The van der Waals surface area contributed by atoms with Crippen LogP contribution in [0.5, 0.6) is 0 Å². The third-order valence-corrected chi connectivity index (χ3v) is 11.5. The first-order valence-corrected chi connectivity index (χ1v) is 18.8. The third kappa shape index (κ3) is 5.24. The maximum atomic E-state index is 2.44. The molecule has 0 heterocycles. The summed E-state index contributed by atoms with van der Waals surface area (Å²) in [4.78, 5) is 2.40. The van der Waals surface area contributed by atoms with Gasteiger partial charge < -0.3 is 4.90 Å². The van der Waals surface area contributed by atoms with Crippen LogP contribution in [0.25, 0.3) is 66.1 Å². The summed E-state index contributed by atoms with van der Waals surface area (Å²) in [7, 11) is 0. The van der Waals surface area contributed by atoms with Crippen LogP contribution in [0.2, 0.25) is 0 Å². The summed E-state index contributed by atoms with van der Waals surface area (Å²) in [6.45, 7) is 4.77. The Morgan fingerprint density at radius 3 is 1.48 bits per heavy atom. The summed E-state index contributed by atoms with van der Waals surface area (Å²) >= 11 is 0. The molecule has 1 aliphatic carbocycles. The van der Waals surface area contributed by atoms with Crippen molar-refractivity contribution in [3.8, 4) is 44.5 Å². The molecular formula is C53H39N. The number of rotatable bonds is 6. The van der Waals surface area contributed by atoms with Gasteiger partial charge in [0.2, 0.25) is 0 Å². The smallest absolute Gasteiger partial charge is 0.0465 e. The van der Waals surface area contributed by atoms with Crippen molar-refractivity contribution in [2.24, 2.45) is 0 Å². The highest BCUT2D eigenvalue weighted by Crippen LogP contribution is 2.54. The van der Waals surface area contributed by atoms with Crippen LogP contribution in [0.15, 0.2) is 200 Å². The van der Waals surface area contributed by atoms with Crippen molar-refractivity contribution in [3.05, 3.63) is 211 Å². The van der Waals surface area contributed by atoms with Gasteiger partial charge in [-0.05, 0) is 120 Å². The average molecular weight is 690 g/mol. The lowest BCUT2D eigenvalue weighted by Crippen LogP contribution is -2.16. The minimum atomic E-state index is -0.191. The van der Waals surface area contributed by atoms with Gasteiger partial charge in [0.1, 0.15) is 0 Å². The lowest BCUT2D eigenvalue weighted by molar-refractivity contribution is 0.660. The summed E-state index contributed by atoms with van der Waals surface area (Å²) in [6.07, 6.45) is 0. The molecule has 9 aromatic rings. The maximum Gasteiger partial charge on any atom is 0.0465 e. The zero-order chi connectivity index (χ0) is 36.2. The molecule has 0 N–H and O–H groups in total. The first-order valence-electron chi connectivity index (χ1n) is 18.8. The molecule has 1 nitrogen and oxygen atoms in total. The van der Waals surface area contributed by atoms with E-state index in [0.717, 1.165) is 17.1 Å². The van der Waals surface area contributed by atoms with Crippen LogP contribution in [0, 0.1) is 0 Å². The minimum absolute atomic E-state index is 0.191. The second-order valence-corrected chi connectivity index (χ2v) is 14.9. The van der Waals surface area contributed by atoms with Crippen molar-refractivity contribution in [3.63, 3.8) is 0 Å². The van der Waals surface area contributed by atoms with Crippen molar-refractivity contribution in [1.82, 2.24) is 0 Å². The molecule has 0 saturated carbocycles. The van der Waals surface area contributed by atoms with E-state index in [0.29, 0.717) is 0 Å². The molecule has 0 radical (unpaired) electrons. The number of benzene rings is 9. The molecule has 0 amide bonds. The first kappa shape index (κ1) is 32.0. The molecule has 0 aliphatic heterocycles. The van der Waals surface area contributed by atoms with Gasteiger partial charge >= 0.3 is 0 Å². The molecule has 54 heavy (non-hydrogen) atoms. The van der Waals surface area contributed by atoms with E-state index in [1.807, 2.05) is 0 Å². The molecule has 9 aromatic carbocycles. The second kappa shape index (κ2) is 12.8. The zero-order valence-corrected chi connectivity index (χ0v) is 30.5. The largest absolute Gasteiger partial charge is 0.310 e. The number of anilines is 3. The highest BCUT2D eigenvalue weighted by atomic mass is 15.1. The molecule has 0 atom stereocenters. The first-order chi connectivity index (χ1) is 26.5. The van der Waals surface area contributed by atoms with Crippen LogP contribution in [-0.4, -0.2) is 0 Å². The van der Waals surface area contributed by atoms with E-state index < -0.39 is 0 Å². The molecule has 0 unspecified atom stereocenters. The highest BCUT2D eigenvalue weighted by molar-refractivity contribution is 6.15. The molecule has 10 rings (SSSR count). The van der Waals surface area contributed by atoms with Crippen molar-refractivity contribution in [1.29, 1.82) is 0 Å². The van der Waals surface area contributed by atoms with Crippen molar-refractivity contribution >= 4 is 38.6 Å². The molecule has 0 spiro atoms. The Bertz CT molecular complexity index is 2730. The summed E-state index contributed by atoms with van der Waals surface area (Å²) in [5, 5.41) is 5.15. The molecule has 256 valence electrons. The average Bonchev–Trinajstić information content (AvgIpc) is 3.47. The quantitative estimate of drug-likeness (QED) is 0.157. The third-order valence-electron chi connectivity index (χ3n) is 11.5. The van der Waals surface area contributed by atoms with Gasteiger partial charge in [0.15, 0.2) is 0 Å². The number of hydrogen-bond acceptors (Lipinski definition) is 1. The van der Waals surface area contributed by atoms with Gasteiger partial charge in [-0.1, -0.05) is 172 Å². The topological polar surface area (TPSA) is 3.24 Å². The molecule has 0 bridgehead atoms. The number of fused-ring (bicyclic) bond motifs is 6. The number of hydrogen-bond donors (Lipinski definition) is 0. The van der Waals surface area contributed by atoms with E-state index >= 15 is 0 Å². The monoisotopic (exact) mass is 689 g/mol. The SMILES string of the molecule is CC1(C)c2cc(N(c3ccc(-c4ccccc4)cc3)c3ccc(-c4ccccc4)cc3)ccc2-c2c(-c3cc4ccccc4c4ccccc34)cccc21. The minimum Gasteiger partial charge on any atom is -0.310 e. The summed E-state index contributed by atoms with van der Waals surface area (Å²) in [5.74, 6) is 0. The van der Waals surface area contributed by atoms with E-state index in [9.17, 15) is 0 Å². The Morgan fingerprint density at radius 2 is 0.852 bits per heavy atom. The van der Waals surface area contributed by atoms with Crippen LogP contribution in [0.4, 0.5) is 17.1 Å². The fraction of sp³-hybridized carbons (Fsp3) is 0.0566. The van der Waals surface area contributed by atoms with Crippen molar-refractivity contribution in [2.45, 2.75) is 19.3 Å². The van der Waals surface area contributed by atoms with Crippen LogP contribution < -0.4 is 4.90 Å². The molecule has 1 aliphatic rings. The van der Waals surface area contributed by atoms with Gasteiger partial charge in [0, 0.05) is 22.5 Å². The second-order valence-electron chi connectivity index (χ2n) is 14.9. The van der Waals surface area contributed by atoms with Crippen LogP contribution >= 0.6 is 0 Å². The Hall–Kier alpha value is -6.70. The Labute approximate surface area is 317 Å². The molecule has 0 fully saturated rings. The fourth-order valence-electron chi connectivity index (χ4n) is 8.73. The molecule has 0 aromatic heterocycles. The van der Waals surface area contributed by atoms with E-state index in [1.165, 1.54) is 77.2 Å². The van der Waals surface area contributed by atoms with Gasteiger partial charge in [-0.3, -0.25) is 0 Å². The number of nitrogens with zero attached hydrogens (tertiary/aromatic N) is 1. The predicted octanol–water partition coefficient (Wildman–Crippen LogP) is 14.8. The van der Waals surface area contributed by atoms with E-state index in [1.54, 1.807) is 0 Å². The van der Waals surface area contributed by atoms with E-state index in [-0.39, 0.29) is 5.41 Å². The standard InChI is InChI=1S/C53H39N/c1-53(2)50-23-13-22-47(49-34-40-18-9-10-19-44(40)45-20-11-12-21-46(45)49)52(50)48-33-32-43(35-51(48)53)54(41-28-24-38(25-29-41)36-14-5-3-6-15-36)42-30-26-39(27-31-42)37-16-7-4-8-17-37/h3-35H,1-2H3. The predicted molar refractivity (Wildman–Crippen MR) is 230 cm³/mol. The van der Waals surface area contributed by atoms with Crippen molar-refractivity contribution < 1.29 is 0 Å². The van der Waals surface area contributed by atoms with Gasteiger partial charge in [-0.25, -0.2) is 0 Å². The van der Waals surface area contributed by atoms with Crippen LogP contribution in [-0.2, 0) is 5.41 Å². The van der Waals surface area contributed by atoms with Gasteiger partial charge in [-0.15, -0.1) is 0 Å². The van der Waals surface area contributed by atoms with Gasteiger partial charge in [0.25, 0.3) is 0 Å². The highest BCUT2D eigenvalue weighted by Gasteiger charge is 2.37. The summed E-state index contributed by atoms with van der Waals surface area (Å²) in [6, 6.07) is 73.3. The molecule has 0 saturated heterocycles. The summed E-state index contributed by atoms with van der Waals surface area (Å²) < 4.78 is 0. The van der Waals surface area contributed by atoms with Crippen molar-refractivity contribution in [2.75, 3.05) is 4.90 Å². The zero-order valence-electron chi connectivity index (χ0n) is 30.5. The van der Waals surface area contributed by atoms with Gasteiger partial charge in [0.05, 0.1) is 0 Å². The van der Waals surface area contributed by atoms with Gasteiger partial charge in [-0.2, -0.15) is 0 Å². The Kier molecular flexibility index (Phi) is 7.56. The van der Waals surface area contributed by atoms with E-state index in [4.69, 9.17) is 0 Å². The lowest BCUT2D eigenvalue weighted by Gasteiger charge is -2.28. The fourth-order valence-corrected chi connectivity index (χ4v) is 8.73. The lowest BCUT2D eigenvalue weighted by atomic mass is 9.81. The Balaban J connectivity index is 1.13. The summed E-state index contributed by atoms with van der Waals surface area (Å²) in [5.41, 5.74) is 16.0. The maximum absolute atomic E-state index is 2.44. The van der Waals surface area contributed by atoms with Crippen LogP contribution in [0.3, 0.4) is 0 Å².